The predicted molar refractivity (Wildman–Crippen MR) is 96.7 cm³/mol. The van der Waals surface area contributed by atoms with E-state index in [1.54, 1.807) is 17.4 Å². The number of nitrogens with one attached hydrogen (secondary N) is 2. The summed E-state index contributed by atoms with van der Waals surface area (Å²) in [6, 6.07) is 7.62. The average Bonchev–Trinajstić information content (AvgIpc) is 3.09. The first-order valence-corrected chi connectivity index (χ1v) is 8.51. The van der Waals surface area contributed by atoms with Gasteiger partial charge in [-0.05, 0) is 25.1 Å². The lowest BCUT2D eigenvalue weighted by Crippen LogP contribution is -2.21. The maximum absolute atomic E-state index is 12.0. The fraction of sp³-hybridized carbons (Fsp3) is 0.353. The number of benzene rings is 1. The van der Waals surface area contributed by atoms with Crippen molar-refractivity contribution in [3.8, 4) is 0 Å². The monoisotopic (exact) mass is 344 g/mol. The zero-order chi connectivity index (χ0) is 17.3. The molecule has 6 nitrogen and oxygen atoms in total. The summed E-state index contributed by atoms with van der Waals surface area (Å²) in [5.41, 5.74) is 2.54. The highest BCUT2D eigenvalue weighted by Crippen LogP contribution is 2.25. The van der Waals surface area contributed by atoms with Gasteiger partial charge in [-0.15, -0.1) is 11.3 Å². The van der Waals surface area contributed by atoms with Gasteiger partial charge in [0.1, 0.15) is 0 Å². The van der Waals surface area contributed by atoms with Crippen LogP contribution in [-0.4, -0.2) is 22.6 Å². The molecule has 0 radical (unpaired) electrons. The van der Waals surface area contributed by atoms with Gasteiger partial charge >= 0.3 is 0 Å². The Hall–Kier alpha value is -2.41. The third-order valence-electron chi connectivity index (χ3n) is 3.49. The third-order valence-corrected chi connectivity index (χ3v) is 4.42. The minimum Gasteiger partial charge on any atom is -0.376 e. The van der Waals surface area contributed by atoms with Crippen molar-refractivity contribution in [2.24, 2.45) is 0 Å². The number of thiazole rings is 1. The Morgan fingerprint density at radius 2 is 2.08 bits per heavy atom. The van der Waals surface area contributed by atoms with Crippen LogP contribution in [0.15, 0.2) is 28.8 Å². The van der Waals surface area contributed by atoms with Crippen LogP contribution in [0.1, 0.15) is 31.5 Å². The highest BCUT2D eigenvalue weighted by molar-refractivity contribution is 7.18. The Morgan fingerprint density at radius 3 is 2.79 bits per heavy atom. The van der Waals surface area contributed by atoms with Crippen LogP contribution in [0.4, 0.5) is 11.6 Å². The van der Waals surface area contributed by atoms with Gasteiger partial charge in [0, 0.05) is 17.2 Å². The molecule has 1 amide bonds. The summed E-state index contributed by atoms with van der Waals surface area (Å²) < 4.78 is 6.26. The number of carbonyl (C=O) groups is 1. The fourth-order valence-electron chi connectivity index (χ4n) is 2.20. The fourth-order valence-corrected chi connectivity index (χ4v) is 3.07. The van der Waals surface area contributed by atoms with Gasteiger partial charge in [0.2, 0.25) is 11.8 Å². The van der Waals surface area contributed by atoms with E-state index in [1.165, 1.54) is 0 Å². The SMILES string of the molecule is Cc1nc2ccc(NCC(=O)Nc3cc(C(C)(C)C)no3)cc2s1. The maximum atomic E-state index is 12.0. The highest BCUT2D eigenvalue weighted by Gasteiger charge is 2.19. The standard InChI is InChI=1S/C17H20N4O2S/c1-10-19-12-6-5-11(7-13(12)24-10)18-9-15(22)20-16-8-14(21-23-16)17(2,3)4/h5-8,18H,9H2,1-4H3,(H,20,22). The molecule has 0 bridgehead atoms. The van der Waals surface area contributed by atoms with Crippen molar-refractivity contribution < 1.29 is 9.32 Å². The summed E-state index contributed by atoms with van der Waals surface area (Å²) in [6.45, 7) is 8.24. The molecule has 0 aliphatic carbocycles. The third kappa shape index (κ3) is 3.73. The molecule has 3 aromatic rings. The summed E-state index contributed by atoms with van der Waals surface area (Å²) in [4.78, 5) is 16.5. The summed E-state index contributed by atoms with van der Waals surface area (Å²) >= 11 is 1.63. The van der Waals surface area contributed by atoms with E-state index in [2.05, 4.69) is 20.8 Å². The molecule has 0 atom stereocenters. The molecule has 1 aromatic carbocycles. The van der Waals surface area contributed by atoms with Crippen molar-refractivity contribution in [1.29, 1.82) is 0 Å². The van der Waals surface area contributed by atoms with Gasteiger partial charge in [0.15, 0.2) is 0 Å². The Morgan fingerprint density at radius 1 is 1.29 bits per heavy atom. The molecular formula is C17H20N4O2S. The Bertz CT molecular complexity index is 876. The highest BCUT2D eigenvalue weighted by atomic mass is 32.1. The van der Waals surface area contributed by atoms with Crippen molar-refractivity contribution in [2.75, 3.05) is 17.2 Å². The molecule has 0 fully saturated rings. The van der Waals surface area contributed by atoms with Crippen LogP contribution in [0.5, 0.6) is 0 Å². The van der Waals surface area contributed by atoms with E-state index >= 15 is 0 Å². The molecule has 2 N–H and O–H groups in total. The topological polar surface area (TPSA) is 80.0 Å². The van der Waals surface area contributed by atoms with Crippen molar-refractivity contribution in [1.82, 2.24) is 10.1 Å². The van der Waals surface area contributed by atoms with Gasteiger partial charge in [-0.3, -0.25) is 10.1 Å². The van der Waals surface area contributed by atoms with Crippen LogP contribution in [0.2, 0.25) is 0 Å². The first kappa shape index (κ1) is 16.4. The second kappa shape index (κ2) is 6.24. The molecule has 2 aromatic heterocycles. The van der Waals surface area contributed by atoms with Crippen LogP contribution >= 0.6 is 11.3 Å². The molecule has 126 valence electrons. The molecular weight excluding hydrogens is 324 g/mol. The average molecular weight is 344 g/mol. The number of aromatic nitrogens is 2. The van der Waals surface area contributed by atoms with Crippen LogP contribution in [0.25, 0.3) is 10.2 Å². The van der Waals surface area contributed by atoms with Gasteiger partial charge in [0.05, 0.1) is 27.5 Å². The Balaban J connectivity index is 1.59. The van der Waals surface area contributed by atoms with Crippen molar-refractivity contribution in [3.05, 3.63) is 35.0 Å². The van der Waals surface area contributed by atoms with E-state index in [0.717, 1.165) is 26.6 Å². The lowest BCUT2D eigenvalue weighted by atomic mass is 9.92. The van der Waals surface area contributed by atoms with E-state index in [-0.39, 0.29) is 17.9 Å². The van der Waals surface area contributed by atoms with Gasteiger partial charge in [0.25, 0.3) is 0 Å². The Labute approximate surface area is 144 Å². The smallest absolute Gasteiger partial charge is 0.246 e. The zero-order valence-corrected chi connectivity index (χ0v) is 15.0. The molecule has 0 aliphatic rings. The summed E-state index contributed by atoms with van der Waals surface area (Å²) in [6.07, 6.45) is 0. The minimum absolute atomic E-state index is 0.118. The van der Waals surface area contributed by atoms with Crippen LogP contribution < -0.4 is 10.6 Å². The molecule has 7 heteroatoms. The number of nitrogens with zero attached hydrogens (tertiary/aromatic N) is 2. The summed E-state index contributed by atoms with van der Waals surface area (Å²) in [5.74, 6) is 0.174. The van der Waals surface area contributed by atoms with E-state index in [1.807, 2.05) is 45.9 Å². The van der Waals surface area contributed by atoms with E-state index in [4.69, 9.17) is 4.52 Å². The lowest BCUT2D eigenvalue weighted by molar-refractivity contribution is -0.114. The second-order valence-electron chi connectivity index (χ2n) is 6.64. The van der Waals surface area contributed by atoms with Crippen molar-refractivity contribution in [2.45, 2.75) is 33.1 Å². The summed E-state index contributed by atoms with van der Waals surface area (Å²) in [5, 5.41) is 10.8. The van der Waals surface area contributed by atoms with Gasteiger partial charge < -0.3 is 9.84 Å². The first-order valence-electron chi connectivity index (χ1n) is 7.69. The lowest BCUT2D eigenvalue weighted by Gasteiger charge is -2.12. The number of fused-ring (bicyclic) bond motifs is 1. The molecule has 3 rings (SSSR count). The number of anilines is 2. The van der Waals surface area contributed by atoms with Crippen molar-refractivity contribution >= 4 is 39.0 Å². The van der Waals surface area contributed by atoms with E-state index < -0.39 is 0 Å². The molecule has 0 saturated carbocycles. The summed E-state index contributed by atoms with van der Waals surface area (Å²) in [7, 11) is 0. The molecule has 24 heavy (non-hydrogen) atoms. The van der Waals surface area contributed by atoms with Gasteiger partial charge in [-0.1, -0.05) is 25.9 Å². The molecule has 0 aliphatic heterocycles. The number of hydrogen-bond acceptors (Lipinski definition) is 6. The normalized spacial score (nSPS) is 11.7. The van der Waals surface area contributed by atoms with Gasteiger partial charge in [-0.25, -0.2) is 4.98 Å². The van der Waals surface area contributed by atoms with E-state index in [0.29, 0.717) is 5.88 Å². The van der Waals surface area contributed by atoms with Crippen molar-refractivity contribution in [3.63, 3.8) is 0 Å². The molecule has 2 heterocycles. The maximum Gasteiger partial charge on any atom is 0.246 e. The number of hydrogen-bond donors (Lipinski definition) is 2. The molecule has 0 spiro atoms. The van der Waals surface area contributed by atoms with Gasteiger partial charge in [-0.2, -0.15) is 0 Å². The van der Waals surface area contributed by atoms with Crippen LogP contribution in [-0.2, 0) is 10.2 Å². The minimum atomic E-state index is -0.188. The largest absolute Gasteiger partial charge is 0.376 e. The first-order chi connectivity index (χ1) is 11.3. The predicted octanol–water partition coefficient (Wildman–Crippen LogP) is 3.94. The zero-order valence-electron chi connectivity index (χ0n) is 14.1. The molecule has 0 saturated heterocycles. The number of carbonyl (C=O) groups excluding carboxylic acids is 1. The Kier molecular flexibility index (Phi) is 4.28. The molecule has 0 unspecified atom stereocenters. The second-order valence-corrected chi connectivity index (χ2v) is 7.88. The number of aryl methyl sites for hydroxylation is 1. The van der Waals surface area contributed by atoms with E-state index in [9.17, 15) is 4.79 Å². The number of rotatable bonds is 4. The quantitative estimate of drug-likeness (QED) is 0.749. The number of amides is 1. The van der Waals surface area contributed by atoms with Crippen LogP contribution in [0.3, 0.4) is 0 Å². The van der Waals surface area contributed by atoms with Crippen LogP contribution in [0, 0.1) is 6.92 Å².